The van der Waals surface area contributed by atoms with Gasteiger partial charge in [0.15, 0.2) is 0 Å². The maximum atomic E-state index is 11.9. The molecule has 74 valence electrons. The van der Waals surface area contributed by atoms with Crippen LogP contribution in [0.25, 0.3) is 0 Å². The summed E-state index contributed by atoms with van der Waals surface area (Å²) in [7, 11) is 0. The quantitative estimate of drug-likeness (QED) is 0.553. The summed E-state index contributed by atoms with van der Waals surface area (Å²) in [6.45, 7) is 0. The molecule has 0 aromatic carbocycles. The predicted octanol–water partition coefficient (Wildman–Crippen LogP) is 1.81. The molecule has 0 atom stereocenters. The molecule has 0 saturated carbocycles. The van der Waals surface area contributed by atoms with E-state index in [1.807, 2.05) is 0 Å². The van der Waals surface area contributed by atoms with Crippen LogP contribution in [0.4, 0.5) is 18.9 Å². The van der Waals surface area contributed by atoms with E-state index in [4.69, 9.17) is 5.84 Å². The highest BCUT2D eigenvalue weighted by atomic mass is 35.5. The first-order valence-corrected chi connectivity index (χ1v) is 3.04. The van der Waals surface area contributed by atoms with E-state index < -0.39 is 11.9 Å². The number of anilines is 1. The minimum atomic E-state index is -4.40. The van der Waals surface area contributed by atoms with E-state index in [1.165, 1.54) is 6.07 Å². The van der Waals surface area contributed by atoms with E-state index in [0.717, 1.165) is 12.3 Å². The summed E-state index contributed by atoms with van der Waals surface area (Å²) < 4.78 is 35.7. The van der Waals surface area contributed by atoms with E-state index in [1.54, 1.807) is 0 Å². The van der Waals surface area contributed by atoms with Crippen LogP contribution in [0.5, 0.6) is 0 Å². The zero-order valence-electron chi connectivity index (χ0n) is 6.30. The van der Waals surface area contributed by atoms with Gasteiger partial charge in [0.25, 0.3) is 0 Å². The molecule has 7 heteroatoms. The standard InChI is InChI=1S/C6H6F3N3.ClH/c7-6(8,9)5-2-1-4(12-10)3-11-5;/h1-3,12H,10H2;1H. The van der Waals surface area contributed by atoms with Gasteiger partial charge in [-0.3, -0.25) is 5.84 Å². The Morgan fingerprint density at radius 3 is 2.23 bits per heavy atom. The molecule has 0 aliphatic carbocycles. The fraction of sp³-hybridized carbons (Fsp3) is 0.167. The summed E-state index contributed by atoms with van der Waals surface area (Å²) in [6.07, 6.45) is -3.38. The second-order valence-electron chi connectivity index (χ2n) is 2.07. The van der Waals surface area contributed by atoms with Gasteiger partial charge >= 0.3 is 6.18 Å². The third-order valence-electron chi connectivity index (χ3n) is 1.22. The average molecular weight is 214 g/mol. The van der Waals surface area contributed by atoms with Crippen LogP contribution in [0, 0.1) is 0 Å². The van der Waals surface area contributed by atoms with Crippen LogP contribution >= 0.6 is 12.4 Å². The lowest BCUT2D eigenvalue weighted by atomic mass is 10.3. The Kier molecular flexibility index (Phi) is 3.96. The highest BCUT2D eigenvalue weighted by Crippen LogP contribution is 2.27. The molecule has 0 spiro atoms. The van der Waals surface area contributed by atoms with Crippen molar-refractivity contribution < 1.29 is 13.2 Å². The summed E-state index contributed by atoms with van der Waals surface area (Å²) in [5.41, 5.74) is 1.58. The van der Waals surface area contributed by atoms with Crippen LogP contribution in [0.2, 0.25) is 0 Å². The maximum Gasteiger partial charge on any atom is 0.433 e. The molecule has 0 aliphatic heterocycles. The molecule has 0 fully saturated rings. The summed E-state index contributed by atoms with van der Waals surface area (Å²) >= 11 is 0. The Bertz CT molecular complexity index is 259. The van der Waals surface area contributed by atoms with Crippen LogP contribution in [0.1, 0.15) is 5.69 Å². The fourth-order valence-electron chi connectivity index (χ4n) is 0.647. The van der Waals surface area contributed by atoms with Crippen molar-refractivity contribution in [1.82, 2.24) is 4.98 Å². The van der Waals surface area contributed by atoms with Gasteiger partial charge in [0, 0.05) is 0 Å². The zero-order chi connectivity index (χ0) is 9.19. The highest BCUT2D eigenvalue weighted by molar-refractivity contribution is 5.85. The summed E-state index contributed by atoms with van der Waals surface area (Å²) in [5, 5.41) is 0. The SMILES string of the molecule is Cl.NNc1ccc(C(F)(F)F)nc1. The number of hydrazine groups is 1. The van der Waals surface area contributed by atoms with Crippen molar-refractivity contribution >= 4 is 18.1 Å². The summed E-state index contributed by atoms with van der Waals surface area (Å²) in [6, 6.07) is 2.06. The van der Waals surface area contributed by atoms with Crippen molar-refractivity contribution in [2.24, 2.45) is 5.84 Å². The summed E-state index contributed by atoms with van der Waals surface area (Å²) in [4.78, 5) is 3.15. The van der Waals surface area contributed by atoms with Gasteiger partial charge in [-0.25, -0.2) is 4.98 Å². The average Bonchev–Trinajstić information content (AvgIpc) is 2.03. The van der Waals surface area contributed by atoms with Gasteiger partial charge in [0.1, 0.15) is 5.69 Å². The minimum absolute atomic E-state index is 0. The van der Waals surface area contributed by atoms with Crippen molar-refractivity contribution in [3.63, 3.8) is 0 Å². The molecule has 3 N–H and O–H groups in total. The fourth-order valence-corrected chi connectivity index (χ4v) is 0.647. The molecular weight excluding hydrogens is 207 g/mol. The van der Waals surface area contributed by atoms with Crippen molar-refractivity contribution in [2.75, 3.05) is 5.43 Å². The highest BCUT2D eigenvalue weighted by Gasteiger charge is 2.31. The number of rotatable bonds is 1. The number of nitrogens with one attached hydrogen (secondary N) is 1. The predicted molar refractivity (Wildman–Crippen MR) is 44.3 cm³/mol. The van der Waals surface area contributed by atoms with Gasteiger partial charge < -0.3 is 5.43 Å². The Labute approximate surface area is 78.5 Å². The lowest BCUT2D eigenvalue weighted by molar-refractivity contribution is -0.141. The van der Waals surface area contributed by atoms with E-state index in [0.29, 0.717) is 5.69 Å². The van der Waals surface area contributed by atoms with E-state index >= 15 is 0 Å². The lowest BCUT2D eigenvalue weighted by Crippen LogP contribution is -2.10. The number of nitrogen functional groups attached to an aromatic ring is 1. The third-order valence-corrected chi connectivity index (χ3v) is 1.22. The number of aromatic nitrogens is 1. The summed E-state index contributed by atoms with van der Waals surface area (Å²) in [5.74, 6) is 4.94. The first kappa shape index (κ1) is 12.0. The molecule has 3 nitrogen and oxygen atoms in total. The van der Waals surface area contributed by atoms with Crippen LogP contribution in [0.15, 0.2) is 18.3 Å². The molecule has 1 rings (SSSR count). The third kappa shape index (κ3) is 3.08. The molecule has 1 heterocycles. The largest absolute Gasteiger partial charge is 0.433 e. The molecule has 0 amide bonds. The maximum absolute atomic E-state index is 11.9. The van der Waals surface area contributed by atoms with Gasteiger partial charge in [-0.05, 0) is 12.1 Å². The van der Waals surface area contributed by atoms with E-state index in [9.17, 15) is 13.2 Å². The van der Waals surface area contributed by atoms with Gasteiger partial charge in [-0.1, -0.05) is 0 Å². The number of pyridine rings is 1. The Balaban J connectivity index is 0.00000144. The molecule has 0 unspecified atom stereocenters. The zero-order valence-corrected chi connectivity index (χ0v) is 7.12. The molecule has 1 aromatic heterocycles. The van der Waals surface area contributed by atoms with Crippen molar-refractivity contribution in [2.45, 2.75) is 6.18 Å². The molecule has 0 saturated heterocycles. The molecule has 1 aromatic rings. The second kappa shape index (κ2) is 4.29. The van der Waals surface area contributed by atoms with Gasteiger partial charge in [-0.15, -0.1) is 12.4 Å². The number of halogens is 4. The smallest absolute Gasteiger partial charge is 0.323 e. The van der Waals surface area contributed by atoms with Crippen LogP contribution in [-0.2, 0) is 6.18 Å². The van der Waals surface area contributed by atoms with Crippen molar-refractivity contribution in [3.05, 3.63) is 24.0 Å². The van der Waals surface area contributed by atoms with Gasteiger partial charge in [0.05, 0.1) is 11.9 Å². The first-order chi connectivity index (χ1) is 5.54. The van der Waals surface area contributed by atoms with Gasteiger partial charge in [0.2, 0.25) is 0 Å². The molecule has 13 heavy (non-hydrogen) atoms. The van der Waals surface area contributed by atoms with Crippen LogP contribution in [0.3, 0.4) is 0 Å². The Hall–Kier alpha value is -1.01. The minimum Gasteiger partial charge on any atom is -0.323 e. The Morgan fingerprint density at radius 1 is 1.31 bits per heavy atom. The van der Waals surface area contributed by atoms with Crippen molar-refractivity contribution in [1.29, 1.82) is 0 Å². The monoisotopic (exact) mass is 213 g/mol. The van der Waals surface area contributed by atoms with Crippen LogP contribution < -0.4 is 11.3 Å². The molecular formula is C6H7ClF3N3. The molecule has 0 radical (unpaired) electrons. The van der Waals surface area contributed by atoms with E-state index in [2.05, 4.69) is 10.4 Å². The van der Waals surface area contributed by atoms with Crippen molar-refractivity contribution in [3.8, 4) is 0 Å². The number of hydrogen-bond acceptors (Lipinski definition) is 3. The number of alkyl halides is 3. The Morgan fingerprint density at radius 2 is 1.92 bits per heavy atom. The lowest BCUT2D eigenvalue weighted by Gasteiger charge is -2.05. The first-order valence-electron chi connectivity index (χ1n) is 3.04. The van der Waals surface area contributed by atoms with Crippen LogP contribution in [-0.4, -0.2) is 4.98 Å². The molecule has 0 aliphatic rings. The molecule has 0 bridgehead atoms. The number of nitrogens with two attached hydrogens (primary N) is 1. The second-order valence-corrected chi connectivity index (χ2v) is 2.07. The number of hydrogen-bond donors (Lipinski definition) is 2. The normalized spacial score (nSPS) is 10.5. The van der Waals surface area contributed by atoms with E-state index in [-0.39, 0.29) is 12.4 Å². The topological polar surface area (TPSA) is 50.9 Å². The van der Waals surface area contributed by atoms with Gasteiger partial charge in [-0.2, -0.15) is 13.2 Å². The number of nitrogens with zero attached hydrogens (tertiary/aromatic N) is 1.